The molecule has 12 heavy (non-hydrogen) atoms. The summed E-state index contributed by atoms with van der Waals surface area (Å²) >= 11 is 0. The van der Waals surface area contributed by atoms with Crippen LogP contribution in [0.5, 0.6) is 0 Å². The molecule has 64 valence electrons. The molecule has 0 aromatic carbocycles. The van der Waals surface area contributed by atoms with Gasteiger partial charge in [0.15, 0.2) is 0 Å². The largest absolute Gasteiger partial charge is 0.284 e. The maximum atomic E-state index is 2.82. The van der Waals surface area contributed by atoms with Gasteiger partial charge in [0.25, 0.3) is 0 Å². The Morgan fingerprint density at radius 2 is 2.25 bits per heavy atom. The highest BCUT2D eigenvalue weighted by atomic mass is 15.5. The summed E-state index contributed by atoms with van der Waals surface area (Å²) in [5.41, 5.74) is 0.720. The lowest BCUT2D eigenvalue weighted by atomic mass is 9.80. The minimum Gasteiger partial charge on any atom is -0.284 e. The summed E-state index contributed by atoms with van der Waals surface area (Å²) in [5, 5.41) is 0. The van der Waals surface area contributed by atoms with Crippen LogP contribution in [0, 0.1) is 5.92 Å². The summed E-state index contributed by atoms with van der Waals surface area (Å²) in [6, 6.07) is 1.86. The quantitative estimate of drug-likeness (QED) is 0.387. The molecule has 0 aromatic heterocycles. The number of nitrogens with zero attached hydrogens (tertiary/aromatic N) is 1. The minimum atomic E-state index is 0.720. The zero-order chi connectivity index (χ0) is 7.76. The molecule has 2 heterocycles. The molecule has 5 atom stereocenters. The van der Waals surface area contributed by atoms with Crippen LogP contribution in [0.2, 0.25) is 0 Å². The maximum Gasteiger partial charge on any atom is 0.0437 e. The van der Waals surface area contributed by atoms with E-state index in [1.54, 1.807) is 0 Å². The summed E-state index contributed by atoms with van der Waals surface area (Å²) < 4.78 is 0. The van der Waals surface area contributed by atoms with E-state index in [0.29, 0.717) is 0 Å². The van der Waals surface area contributed by atoms with Crippen molar-refractivity contribution in [3.8, 4) is 0 Å². The maximum absolute atomic E-state index is 2.82. The molecule has 2 aliphatic heterocycles. The zero-order valence-electron chi connectivity index (χ0n) is 7.37. The van der Waals surface area contributed by atoms with Crippen molar-refractivity contribution >= 4 is 0 Å². The smallest absolute Gasteiger partial charge is 0.0437 e. The first-order chi connectivity index (χ1) is 5.93. The SMILES string of the molecule is C1=CC2CC1N1C3CCCCC231. The second-order valence-electron chi connectivity index (χ2n) is 4.95. The van der Waals surface area contributed by atoms with Gasteiger partial charge < -0.3 is 0 Å². The molecule has 0 amide bonds. The van der Waals surface area contributed by atoms with Crippen LogP contribution in [-0.4, -0.2) is 22.5 Å². The van der Waals surface area contributed by atoms with Gasteiger partial charge in [-0.25, -0.2) is 0 Å². The van der Waals surface area contributed by atoms with E-state index in [4.69, 9.17) is 0 Å². The van der Waals surface area contributed by atoms with E-state index >= 15 is 0 Å². The first-order valence-corrected chi connectivity index (χ1v) is 5.40. The van der Waals surface area contributed by atoms with E-state index < -0.39 is 0 Å². The van der Waals surface area contributed by atoms with Crippen LogP contribution in [0.1, 0.15) is 32.1 Å². The first-order valence-electron chi connectivity index (χ1n) is 5.40. The minimum absolute atomic E-state index is 0.720. The molecule has 2 bridgehead atoms. The third kappa shape index (κ3) is 0.443. The van der Waals surface area contributed by atoms with Crippen LogP contribution in [0.25, 0.3) is 0 Å². The van der Waals surface area contributed by atoms with Crippen LogP contribution in [0.15, 0.2) is 12.2 Å². The Morgan fingerprint density at radius 3 is 3.25 bits per heavy atom. The second-order valence-corrected chi connectivity index (χ2v) is 4.95. The Hall–Kier alpha value is -0.300. The van der Waals surface area contributed by atoms with Gasteiger partial charge in [0.05, 0.1) is 0 Å². The topological polar surface area (TPSA) is 3.01 Å². The van der Waals surface area contributed by atoms with E-state index in [1.165, 1.54) is 32.1 Å². The van der Waals surface area contributed by atoms with Crippen LogP contribution in [-0.2, 0) is 0 Å². The summed E-state index contributed by atoms with van der Waals surface area (Å²) in [7, 11) is 0. The van der Waals surface area contributed by atoms with Gasteiger partial charge in [0.2, 0.25) is 0 Å². The van der Waals surface area contributed by atoms with Crippen LogP contribution in [0.4, 0.5) is 0 Å². The molecule has 5 unspecified atom stereocenters. The molecule has 2 aliphatic carbocycles. The summed E-state index contributed by atoms with van der Waals surface area (Å²) in [5.74, 6) is 0.952. The lowest BCUT2D eigenvalue weighted by Crippen LogP contribution is -2.26. The van der Waals surface area contributed by atoms with E-state index in [-0.39, 0.29) is 0 Å². The Morgan fingerprint density at radius 1 is 1.25 bits per heavy atom. The molecule has 0 aromatic rings. The highest BCUT2D eigenvalue weighted by Crippen LogP contribution is 2.65. The molecular formula is C11H15N. The Kier molecular flexibility index (Phi) is 0.852. The molecule has 3 fully saturated rings. The molecule has 1 spiro atoms. The fourth-order valence-electron chi connectivity index (χ4n) is 4.29. The van der Waals surface area contributed by atoms with E-state index in [9.17, 15) is 0 Å². The summed E-state index contributed by atoms with van der Waals surface area (Å²) in [6.45, 7) is 0. The summed E-state index contributed by atoms with van der Waals surface area (Å²) in [6.07, 6.45) is 12.4. The van der Waals surface area contributed by atoms with Crippen molar-refractivity contribution in [1.82, 2.24) is 4.90 Å². The highest BCUT2D eigenvalue weighted by molar-refractivity contribution is 5.37. The van der Waals surface area contributed by atoms with Gasteiger partial charge in [-0.05, 0) is 25.2 Å². The van der Waals surface area contributed by atoms with Crippen molar-refractivity contribution in [3.05, 3.63) is 12.2 Å². The second kappa shape index (κ2) is 1.65. The average Bonchev–Trinajstić information content (AvgIpc) is 2.47. The highest BCUT2D eigenvalue weighted by Gasteiger charge is 2.72. The number of fused-ring (bicyclic) bond motifs is 4. The fourth-order valence-corrected chi connectivity index (χ4v) is 4.29. The number of piperidine rings is 1. The molecule has 4 aliphatic rings. The number of hydrogen-bond donors (Lipinski definition) is 0. The van der Waals surface area contributed by atoms with E-state index in [2.05, 4.69) is 17.1 Å². The standard InChI is InChI=1S/C11H15N/c1-2-6-11-8-4-5-9(7-8)12(11)10(11)3-1/h4-5,8-10H,1-3,6-7H2. The fraction of sp³-hybridized carbons (Fsp3) is 0.818. The molecular weight excluding hydrogens is 146 g/mol. The van der Waals surface area contributed by atoms with E-state index in [1.807, 2.05) is 0 Å². The third-order valence-corrected chi connectivity index (χ3v) is 4.69. The van der Waals surface area contributed by atoms with Crippen LogP contribution >= 0.6 is 0 Å². The van der Waals surface area contributed by atoms with Crippen molar-refractivity contribution in [3.63, 3.8) is 0 Å². The van der Waals surface area contributed by atoms with Gasteiger partial charge in [0.1, 0.15) is 0 Å². The lowest BCUT2D eigenvalue weighted by Gasteiger charge is -2.23. The van der Waals surface area contributed by atoms with Gasteiger partial charge in [-0.15, -0.1) is 0 Å². The Balaban J connectivity index is 1.80. The molecule has 1 heteroatoms. The van der Waals surface area contributed by atoms with Gasteiger partial charge in [-0.2, -0.15) is 0 Å². The number of hydrogen-bond acceptors (Lipinski definition) is 1. The Bertz CT molecular complexity index is 270. The zero-order valence-corrected chi connectivity index (χ0v) is 7.37. The van der Waals surface area contributed by atoms with Crippen molar-refractivity contribution in [1.29, 1.82) is 0 Å². The number of rotatable bonds is 0. The molecule has 1 saturated carbocycles. The first kappa shape index (κ1) is 6.20. The molecule has 1 nitrogen and oxygen atoms in total. The third-order valence-electron chi connectivity index (χ3n) is 4.69. The molecule has 2 saturated heterocycles. The normalized spacial score (nSPS) is 64.7. The molecule has 0 radical (unpaired) electrons. The van der Waals surface area contributed by atoms with Gasteiger partial charge >= 0.3 is 0 Å². The van der Waals surface area contributed by atoms with E-state index in [0.717, 1.165) is 23.5 Å². The van der Waals surface area contributed by atoms with Crippen molar-refractivity contribution in [2.24, 2.45) is 5.92 Å². The molecule has 4 rings (SSSR count). The van der Waals surface area contributed by atoms with Gasteiger partial charge in [-0.1, -0.05) is 25.0 Å². The predicted molar refractivity (Wildman–Crippen MR) is 47.9 cm³/mol. The van der Waals surface area contributed by atoms with Crippen LogP contribution < -0.4 is 0 Å². The molecule has 0 N–H and O–H groups in total. The summed E-state index contributed by atoms with van der Waals surface area (Å²) in [4.78, 5) is 2.82. The van der Waals surface area contributed by atoms with Gasteiger partial charge in [0, 0.05) is 17.6 Å². The van der Waals surface area contributed by atoms with Crippen molar-refractivity contribution in [2.45, 2.75) is 49.7 Å². The predicted octanol–water partition coefficient (Wildman–Crippen LogP) is 1.94. The lowest BCUT2D eigenvalue weighted by molar-refractivity contribution is 0.371. The van der Waals surface area contributed by atoms with Crippen molar-refractivity contribution in [2.75, 3.05) is 0 Å². The van der Waals surface area contributed by atoms with Crippen LogP contribution in [0.3, 0.4) is 0 Å². The van der Waals surface area contributed by atoms with Crippen molar-refractivity contribution < 1.29 is 0 Å². The Labute approximate surface area is 73.4 Å². The van der Waals surface area contributed by atoms with Gasteiger partial charge in [-0.3, -0.25) is 4.90 Å². The average molecular weight is 161 g/mol. The monoisotopic (exact) mass is 161 g/mol.